The highest BCUT2D eigenvalue weighted by molar-refractivity contribution is 5.98. The number of nitrogens with one attached hydrogen (secondary N) is 1. The number of carboxylic acid groups (broad SMARTS) is 1. The van der Waals surface area contributed by atoms with E-state index in [4.69, 9.17) is 4.74 Å². The van der Waals surface area contributed by atoms with Gasteiger partial charge in [-0.15, -0.1) is 0 Å². The summed E-state index contributed by atoms with van der Waals surface area (Å²) in [6.45, 7) is 5.92. The number of hydrogen-bond acceptors (Lipinski definition) is 3. The smallest absolute Gasteiger partial charge is 0.352 e. The van der Waals surface area contributed by atoms with Gasteiger partial charge in [-0.2, -0.15) is 0 Å². The number of benzene rings is 3. The van der Waals surface area contributed by atoms with E-state index in [1.54, 1.807) is 7.11 Å². The van der Waals surface area contributed by atoms with E-state index >= 15 is 0 Å². The van der Waals surface area contributed by atoms with Gasteiger partial charge in [0.1, 0.15) is 11.4 Å². The highest BCUT2D eigenvalue weighted by Crippen LogP contribution is 2.31. The quantitative estimate of drug-likeness (QED) is 0.354. The van der Waals surface area contributed by atoms with E-state index in [9.17, 15) is 9.90 Å². The Morgan fingerprint density at radius 2 is 1.79 bits per heavy atom. The number of carbonyl (C=O) groups is 1. The summed E-state index contributed by atoms with van der Waals surface area (Å²) in [5.41, 5.74) is 5.47. The number of aromatic carboxylic acids is 1. The van der Waals surface area contributed by atoms with Gasteiger partial charge in [-0.05, 0) is 36.1 Å². The average molecular weight is 443 g/mol. The standard InChI is InChI=1S/C28H30N2O3/c1-19-9-11-21(12-10-19)18-30-26-15-23(33-3)13-14-24(26)25(27(30)28(31)32)17-29-16-20(2)22-7-5-4-6-8-22/h4-15,20,29H,16-18H2,1-3H3,(H,31,32)/t20-/m1/s1. The third kappa shape index (κ3) is 4.94. The zero-order valence-corrected chi connectivity index (χ0v) is 19.3. The monoisotopic (exact) mass is 442 g/mol. The molecule has 5 nitrogen and oxygen atoms in total. The van der Waals surface area contributed by atoms with Crippen LogP contribution in [0.15, 0.2) is 72.8 Å². The first-order valence-corrected chi connectivity index (χ1v) is 11.2. The van der Waals surface area contributed by atoms with Gasteiger partial charge in [-0.25, -0.2) is 4.79 Å². The number of carboxylic acids is 1. The van der Waals surface area contributed by atoms with Crippen molar-refractivity contribution in [2.24, 2.45) is 0 Å². The number of aryl methyl sites for hydroxylation is 1. The Morgan fingerprint density at radius 3 is 2.45 bits per heavy atom. The minimum absolute atomic E-state index is 0.318. The molecule has 0 aliphatic heterocycles. The first-order valence-electron chi connectivity index (χ1n) is 11.2. The molecule has 3 aromatic carbocycles. The zero-order valence-electron chi connectivity index (χ0n) is 19.3. The van der Waals surface area contributed by atoms with Crippen molar-refractivity contribution in [1.29, 1.82) is 0 Å². The third-order valence-electron chi connectivity index (χ3n) is 6.16. The number of aromatic nitrogens is 1. The largest absolute Gasteiger partial charge is 0.497 e. The van der Waals surface area contributed by atoms with E-state index in [-0.39, 0.29) is 0 Å². The van der Waals surface area contributed by atoms with Gasteiger partial charge in [0.15, 0.2) is 0 Å². The minimum atomic E-state index is -0.926. The molecule has 1 heterocycles. The molecule has 170 valence electrons. The second-order valence-corrected chi connectivity index (χ2v) is 8.53. The molecule has 4 aromatic rings. The van der Waals surface area contributed by atoms with Crippen molar-refractivity contribution in [2.75, 3.05) is 13.7 Å². The molecule has 0 radical (unpaired) electrons. The third-order valence-corrected chi connectivity index (χ3v) is 6.16. The summed E-state index contributed by atoms with van der Waals surface area (Å²) in [5.74, 6) is 0.102. The maximum Gasteiger partial charge on any atom is 0.352 e. The molecule has 0 bridgehead atoms. The van der Waals surface area contributed by atoms with E-state index in [0.717, 1.165) is 28.6 Å². The van der Waals surface area contributed by atoms with Crippen LogP contribution in [0.4, 0.5) is 0 Å². The van der Waals surface area contributed by atoms with Crippen LogP contribution in [0.25, 0.3) is 10.9 Å². The number of fused-ring (bicyclic) bond motifs is 1. The van der Waals surface area contributed by atoms with Gasteiger partial charge in [-0.1, -0.05) is 67.1 Å². The van der Waals surface area contributed by atoms with Crippen LogP contribution in [0.2, 0.25) is 0 Å². The summed E-state index contributed by atoms with van der Waals surface area (Å²) in [6, 6.07) is 24.3. The molecule has 5 heteroatoms. The lowest BCUT2D eigenvalue weighted by molar-refractivity contribution is 0.0684. The van der Waals surface area contributed by atoms with Crippen LogP contribution in [-0.2, 0) is 13.1 Å². The summed E-state index contributed by atoms with van der Waals surface area (Å²) in [7, 11) is 1.62. The molecule has 4 rings (SSSR count). The van der Waals surface area contributed by atoms with Crippen molar-refractivity contribution in [2.45, 2.75) is 32.9 Å². The molecule has 0 aliphatic rings. The molecule has 0 saturated heterocycles. The fraction of sp³-hybridized carbons (Fsp3) is 0.250. The van der Waals surface area contributed by atoms with Gasteiger partial charge in [0.2, 0.25) is 0 Å². The first-order chi connectivity index (χ1) is 16.0. The van der Waals surface area contributed by atoms with Crippen LogP contribution in [0, 0.1) is 6.92 Å². The lowest BCUT2D eigenvalue weighted by atomic mass is 10.0. The van der Waals surface area contributed by atoms with Crippen molar-refractivity contribution < 1.29 is 14.6 Å². The normalized spacial score (nSPS) is 12.1. The maximum absolute atomic E-state index is 12.4. The first kappa shape index (κ1) is 22.6. The lowest BCUT2D eigenvalue weighted by Gasteiger charge is -2.14. The van der Waals surface area contributed by atoms with Gasteiger partial charge in [0.25, 0.3) is 0 Å². The van der Waals surface area contributed by atoms with E-state index in [0.29, 0.717) is 30.5 Å². The topological polar surface area (TPSA) is 63.5 Å². The van der Waals surface area contributed by atoms with E-state index in [1.165, 1.54) is 11.1 Å². The molecule has 0 fully saturated rings. The van der Waals surface area contributed by atoms with Gasteiger partial charge in [0.05, 0.1) is 12.6 Å². The van der Waals surface area contributed by atoms with Crippen molar-refractivity contribution in [3.8, 4) is 5.75 Å². The molecule has 0 aliphatic carbocycles. The molecule has 0 amide bonds. The highest BCUT2D eigenvalue weighted by atomic mass is 16.5. The minimum Gasteiger partial charge on any atom is -0.497 e. The van der Waals surface area contributed by atoms with Crippen molar-refractivity contribution in [1.82, 2.24) is 9.88 Å². The summed E-state index contributed by atoms with van der Waals surface area (Å²) >= 11 is 0. The second kappa shape index (κ2) is 9.92. The molecular formula is C28H30N2O3. The van der Waals surface area contributed by atoms with Gasteiger partial charge in [0, 0.05) is 36.7 Å². The van der Waals surface area contributed by atoms with Crippen LogP contribution in [0.1, 0.15) is 45.6 Å². The Bertz CT molecular complexity index is 1240. The Labute approximate surface area is 194 Å². The van der Waals surface area contributed by atoms with Crippen LogP contribution >= 0.6 is 0 Å². The Morgan fingerprint density at radius 1 is 1.06 bits per heavy atom. The van der Waals surface area contributed by atoms with Crippen LogP contribution in [-0.4, -0.2) is 29.3 Å². The number of rotatable bonds is 9. The number of ether oxygens (including phenoxy) is 1. The predicted octanol–water partition coefficient (Wildman–Crippen LogP) is 5.60. The highest BCUT2D eigenvalue weighted by Gasteiger charge is 2.23. The van der Waals surface area contributed by atoms with Gasteiger partial charge >= 0.3 is 5.97 Å². The lowest BCUT2D eigenvalue weighted by Crippen LogP contribution is -2.21. The van der Waals surface area contributed by atoms with E-state index in [2.05, 4.69) is 36.5 Å². The summed E-state index contributed by atoms with van der Waals surface area (Å²) < 4.78 is 7.33. The van der Waals surface area contributed by atoms with Crippen molar-refractivity contribution in [3.63, 3.8) is 0 Å². The van der Waals surface area contributed by atoms with Crippen LogP contribution in [0.3, 0.4) is 0 Å². The van der Waals surface area contributed by atoms with Crippen molar-refractivity contribution in [3.05, 3.63) is 101 Å². The van der Waals surface area contributed by atoms with Gasteiger partial charge in [-0.3, -0.25) is 0 Å². The summed E-state index contributed by atoms with van der Waals surface area (Å²) in [4.78, 5) is 12.4. The Balaban J connectivity index is 1.69. The molecule has 1 atom stereocenters. The van der Waals surface area contributed by atoms with E-state index in [1.807, 2.05) is 60.0 Å². The SMILES string of the molecule is COc1ccc2c(CNC[C@@H](C)c3ccccc3)c(C(=O)O)n(Cc3ccc(C)cc3)c2c1. The fourth-order valence-electron chi connectivity index (χ4n) is 4.30. The average Bonchev–Trinajstić information content (AvgIpc) is 3.13. The molecule has 0 saturated carbocycles. The predicted molar refractivity (Wildman–Crippen MR) is 132 cm³/mol. The van der Waals surface area contributed by atoms with Crippen LogP contribution < -0.4 is 10.1 Å². The summed E-state index contributed by atoms with van der Waals surface area (Å²) in [6.07, 6.45) is 0. The molecule has 0 spiro atoms. The van der Waals surface area contributed by atoms with Gasteiger partial charge < -0.3 is 19.7 Å². The Kier molecular flexibility index (Phi) is 6.80. The number of hydrogen-bond donors (Lipinski definition) is 2. The maximum atomic E-state index is 12.4. The second-order valence-electron chi connectivity index (χ2n) is 8.53. The fourth-order valence-corrected chi connectivity index (χ4v) is 4.30. The van der Waals surface area contributed by atoms with Crippen molar-refractivity contribution >= 4 is 16.9 Å². The zero-order chi connectivity index (χ0) is 23.4. The molecule has 2 N–H and O–H groups in total. The number of nitrogens with zero attached hydrogens (tertiary/aromatic N) is 1. The molecular weight excluding hydrogens is 412 g/mol. The Hall–Kier alpha value is -3.57. The summed E-state index contributed by atoms with van der Waals surface area (Å²) in [5, 5.41) is 14.6. The molecule has 0 unspecified atom stereocenters. The van der Waals surface area contributed by atoms with Crippen LogP contribution in [0.5, 0.6) is 5.75 Å². The molecule has 1 aromatic heterocycles. The molecule has 33 heavy (non-hydrogen) atoms. The van der Waals surface area contributed by atoms with E-state index < -0.39 is 5.97 Å². The number of methoxy groups -OCH3 is 1.